The first kappa shape index (κ1) is 17.8. The van der Waals surface area contributed by atoms with E-state index in [1.54, 1.807) is 11.8 Å². The van der Waals surface area contributed by atoms with Crippen molar-refractivity contribution in [3.63, 3.8) is 0 Å². The van der Waals surface area contributed by atoms with Crippen LogP contribution in [0.1, 0.15) is 19.8 Å². The second kappa shape index (κ2) is 7.37. The highest BCUT2D eigenvalue weighted by molar-refractivity contribution is 7.89. The van der Waals surface area contributed by atoms with Gasteiger partial charge in [0.25, 0.3) is 0 Å². The van der Waals surface area contributed by atoms with Crippen molar-refractivity contribution in [2.45, 2.75) is 30.7 Å². The average molecular weight is 343 g/mol. The van der Waals surface area contributed by atoms with Gasteiger partial charge in [-0.2, -0.15) is 0 Å². The molecule has 1 aliphatic rings. The molecule has 1 aliphatic heterocycles. The van der Waals surface area contributed by atoms with Crippen LogP contribution in [0.15, 0.2) is 29.2 Å². The number of hydrogen-bond donors (Lipinski definition) is 2. The molecule has 0 bridgehead atoms. The molecule has 128 valence electrons. The molecule has 6 nitrogen and oxygen atoms in total. The van der Waals surface area contributed by atoms with E-state index >= 15 is 0 Å². The second-order valence-corrected chi connectivity index (χ2v) is 7.53. The molecule has 1 unspecified atom stereocenters. The van der Waals surface area contributed by atoms with Crippen LogP contribution in [0.4, 0.5) is 4.39 Å². The summed E-state index contributed by atoms with van der Waals surface area (Å²) < 4.78 is 40.0. The minimum atomic E-state index is -3.68. The summed E-state index contributed by atoms with van der Waals surface area (Å²) in [6.45, 7) is 3.08. The van der Waals surface area contributed by atoms with Crippen LogP contribution >= 0.6 is 0 Å². The summed E-state index contributed by atoms with van der Waals surface area (Å²) in [7, 11) is -3.68. The lowest BCUT2D eigenvalue weighted by molar-refractivity contribution is -0.135. The zero-order chi connectivity index (χ0) is 17.0. The number of likely N-dealkylation sites (tertiary alicyclic amines) is 1. The van der Waals surface area contributed by atoms with Crippen molar-refractivity contribution in [2.75, 3.05) is 19.6 Å². The molecular weight excluding hydrogens is 321 g/mol. The summed E-state index contributed by atoms with van der Waals surface area (Å²) in [5.74, 6) is -0.695. The molecular formula is C15H22FN3O3S. The van der Waals surface area contributed by atoms with E-state index in [-0.39, 0.29) is 22.8 Å². The smallest absolute Gasteiger partial charge is 0.240 e. The van der Waals surface area contributed by atoms with Gasteiger partial charge in [0, 0.05) is 31.6 Å². The Kier molecular flexibility index (Phi) is 5.72. The molecule has 2 rings (SSSR count). The Balaban J connectivity index is 1.93. The summed E-state index contributed by atoms with van der Waals surface area (Å²) in [5.41, 5.74) is 5.50. The van der Waals surface area contributed by atoms with Crippen molar-refractivity contribution in [3.05, 3.63) is 30.1 Å². The molecule has 1 aromatic rings. The number of nitrogens with zero attached hydrogens (tertiary/aromatic N) is 1. The van der Waals surface area contributed by atoms with Crippen molar-refractivity contribution in [2.24, 2.45) is 11.7 Å². The largest absolute Gasteiger partial charge is 0.342 e. The number of halogens is 1. The molecule has 1 fully saturated rings. The third kappa shape index (κ3) is 4.49. The number of nitrogens with two attached hydrogens (primary N) is 1. The monoisotopic (exact) mass is 343 g/mol. The molecule has 1 atom stereocenters. The zero-order valence-electron chi connectivity index (χ0n) is 13.0. The fraction of sp³-hybridized carbons (Fsp3) is 0.533. The quantitative estimate of drug-likeness (QED) is 0.823. The Bertz CT molecular complexity index is 640. The summed E-state index contributed by atoms with van der Waals surface area (Å²) in [4.78, 5) is 13.8. The fourth-order valence-electron chi connectivity index (χ4n) is 2.53. The molecule has 0 radical (unpaired) electrons. The first-order valence-electron chi connectivity index (χ1n) is 7.60. The van der Waals surface area contributed by atoms with Gasteiger partial charge in [-0.05, 0) is 37.1 Å². The Morgan fingerprint density at radius 2 is 1.91 bits per heavy atom. The summed E-state index contributed by atoms with van der Waals surface area (Å²) in [6, 6.07) is 4.47. The molecule has 0 saturated carbocycles. The lowest BCUT2D eigenvalue weighted by Crippen LogP contribution is -2.48. The van der Waals surface area contributed by atoms with Gasteiger partial charge in [0.1, 0.15) is 5.82 Å². The van der Waals surface area contributed by atoms with Crippen LogP contribution in [-0.2, 0) is 14.8 Å². The molecule has 1 aromatic carbocycles. The lowest BCUT2D eigenvalue weighted by Gasteiger charge is -2.33. The Hall–Kier alpha value is -1.51. The summed E-state index contributed by atoms with van der Waals surface area (Å²) in [6.07, 6.45) is 1.09. The number of carbonyl (C=O) groups is 1. The molecule has 0 aliphatic carbocycles. The number of amides is 1. The minimum Gasteiger partial charge on any atom is -0.342 e. The predicted octanol–water partition coefficient (Wildman–Crippen LogP) is 0.690. The third-order valence-electron chi connectivity index (χ3n) is 4.03. The van der Waals surface area contributed by atoms with E-state index in [0.717, 1.165) is 12.1 Å². The van der Waals surface area contributed by atoms with E-state index in [2.05, 4.69) is 4.72 Å². The Morgan fingerprint density at radius 1 is 1.35 bits per heavy atom. The van der Waals surface area contributed by atoms with E-state index in [1.807, 2.05) is 0 Å². The van der Waals surface area contributed by atoms with E-state index < -0.39 is 15.8 Å². The normalized spacial score (nSPS) is 18.0. The van der Waals surface area contributed by atoms with E-state index in [1.165, 1.54) is 12.1 Å². The highest BCUT2D eigenvalue weighted by Crippen LogP contribution is 2.16. The highest BCUT2D eigenvalue weighted by Gasteiger charge is 2.28. The fourth-order valence-corrected chi connectivity index (χ4v) is 3.84. The van der Waals surface area contributed by atoms with Crippen molar-refractivity contribution in [1.29, 1.82) is 0 Å². The number of sulfonamides is 1. The number of nitrogens with one attached hydrogen (secondary N) is 1. The summed E-state index contributed by atoms with van der Waals surface area (Å²) in [5, 5.41) is 0. The van der Waals surface area contributed by atoms with Crippen LogP contribution in [0, 0.1) is 11.7 Å². The SMILES string of the molecule is CC(CN)C(=O)N1CCC(NS(=O)(=O)c2ccc(F)cc2)CC1. The first-order valence-corrected chi connectivity index (χ1v) is 9.08. The number of carbonyl (C=O) groups excluding carboxylic acids is 1. The maximum absolute atomic E-state index is 12.9. The van der Waals surface area contributed by atoms with Gasteiger partial charge in [-0.15, -0.1) is 0 Å². The van der Waals surface area contributed by atoms with Crippen molar-refractivity contribution in [3.8, 4) is 0 Å². The summed E-state index contributed by atoms with van der Waals surface area (Å²) >= 11 is 0. The molecule has 8 heteroatoms. The molecule has 1 heterocycles. The highest BCUT2D eigenvalue weighted by atomic mass is 32.2. The van der Waals surface area contributed by atoms with Crippen molar-refractivity contribution < 1.29 is 17.6 Å². The average Bonchev–Trinajstić information content (AvgIpc) is 2.54. The lowest BCUT2D eigenvalue weighted by atomic mass is 10.0. The van der Waals surface area contributed by atoms with Gasteiger partial charge in [0.15, 0.2) is 0 Å². The van der Waals surface area contributed by atoms with Crippen LogP contribution < -0.4 is 10.5 Å². The van der Waals surface area contributed by atoms with Gasteiger partial charge in [-0.1, -0.05) is 6.92 Å². The molecule has 1 saturated heterocycles. The Morgan fingerprint density at radius 3 is 2.43 bits per heavy atom. The Labute approximate surface area is 135 Å². The third-order valence-corrected chi connectivity index (χ3v) is 5.56. The van der Waals surface area contributed by atoms with E-state index in [4.69, 9.17) is 5.73 Å². The van der Waals surface area contributed by atoms with Gasteiger partial charge in [-0.3, -0.25) is 4.79 Å². The van der Waals surface area contributed by atoms with Crippen LogP contribution in [0.2, 0.25) is 0 Å². The van der Waals surface area contributed by atoms with Gasteiger partial charge in [0.05, 0.1) is 4.90 Å². The van der Waals surface area contributed by atoms with Crippen LogP contribution in [0.3, 0.4) is 0 Å². The van der Waals surface area contributed by atoms with E-state index in [0.29, 0.717) is 32.5 Å². The maximum Gasteiger partial charge on any atom is 0.240 e. The van der Waals surface area contributed by atoms with Crippen LogP contribution in [0.5, 0.6) is 0 Å². The van der Waals surface area contributed by atoms with Crippen LogP contribution in [0.25, 0.3) is 0 Å². The van der Waals surface area contributed by atoms with Crippen LogP contribution in [-0.4, -0.2) is 44.9 Å². The minimum absolute atomic E-state index is 0.00680. The zero-order valence-corrected chi connectivity index (χ0v) is 13.9. The van der Waals surface area contributed by atoms with Gasteiger partial charge in [0.2, 0.25) is 15.9 Å². The van der Waals surface area contributed by atoms with Gasteiger partial charge >= 0.3 is 0 Å². The molecule has 23 heavy (non-hydrogen) atoms. The topological polar surface area (TPSA) is 92.5 Å². The second-order valence-electron chi connectivity index (χ2n) is 5.81. The number of piperidine rings is 1. The van der Waals surface area contributed by atoms with Crippen molar-refractivity contribution in [1.82, 2.24) is 9.62 Å². The molecule has 0 spiro atoms. The van der Waals surface area contributed by atoms with Crippen molar-refractivity contribution >= 4 is 15.9 Å². The standard InChI is InChI=1S/C15H22FN3O3S/c1-11(10-17)15(20)19-8-6-13(7-9-19)18-23(21,22)14-4-2-12(16)3-5-14/h2-5,11,13,18H,6-10,17H2,1H3. The van der Waals surface area contributed by atoms with Gasteiger partial charge < -0.3 is 10.6 Å². The number of benzene rings is 1. The number of rotatable bonds is 5. The molecule has 3 N–H and O–H groups in total. The first-order chi connectivity index (χ1) is 10.8. The molecule has 0 aromatic heterocycles. The van der Waals surface area contributed by atoms with E-state index in [9.17, 15) is 17.6 Å². The maximum atomic E-state index is 12.9. The predicted molar refractivity (Wildman–Crippen MR) is 84.5 cm³/mol. The number of hydrogen-bond acceptors (Lipinski definition) is 4. The molecule has 1 amide bonds. The van der Waals surface area contributed by atoms with Gasteiger partial charge in [-0.25, -0.2) is 17.5 Å².